The molecule has 0 unspecified atom stereocenters. The number of aromatic nitrogens is 1. The molecule has 0 bridgehead atoms. The van der Waals surface area contributed by atoms with Gasteiger partial charge in [-0.25, -0.2) is 0 Å². The lowest BCUT2D eigenvalue weighted by Gasteiger charge is -2.29. The molecule has 1 aromatic heterocycles. The molecule has 1 aliphatic heterocycles. The summed E-state index contributed by atoms with van der Waals surface area (Å²) in [4.78, 5) is 27.5. The number of hydrogen-bond acceptors (Lipinski definition) is 6. The second kappa shape index (κ2) is 10.1. The minimum atomic E-state index is -0.327. The van der Waals surface area contributed by atoms with Gasteiger partial charge < -0.3 is 24.2 Å². The quantitative estimate of drug-likeness (QED) is 0.668. The molecule has 0 spiro atoms. The molecule has 1 aliphatic carbocycles. The Kier molecular flexibility index (Phi) is 6.97. The Morgan fingerprint density at radius 2 is 1.91 bits per heavy atom. The lowest BCUT2D eigenvalue weighted by molar-refractivity contribution is -0.138. The lowest BCUT2D eigenvalue weighted by atomic mass is 9.88. The van der Waals surface area contributed by atoms with E-state index in [4.69, 9.17) is 14.0 Å². The zero-order valence-corrected chi connectivity index (χ0v) is 18.8. The molecule has 1 aromatic carbocycles. The number of nitrogens with one attached hydrogen (secondary N) is 1. The highest BCUT2D eigenvalue weighted by atomic mass is 16.7. The van der Waals surface area contributed by atoms with Crippen molar-refractivity contribution in [3.63, 3.8) is 0 Å². The summed E-state index contributed by atoms with van der Waals surface area (Å²) in [6.07, 6.45) is 5.35. The fraction of sp³-hybridized carbons (Fsp3) is 0.542. The van der Waals surface area contributed by atoms with E-state index in [0.29, 0.717) is 42.8 Å². The van der Waals surface area contributed by atoms with Crippen LogP contribution in [0.4, 0.5) is 0 Å². The monoisotopic (exact) mass is 441 g/mol. The smallest absolute Gasteiger partial charge is 0.273 e. The predicted molar refractivity (Wildman–Crippen MR) is 117 cm³/mol. The molecule has 0 radical (unpaired) electrons. The van der Waals surface area contributed by atoms with Gasteiger partial charge in [-0.05, 0) is 36.5 Å². The number of ether oxygens (including phenoxy) is 2. The Bertz CT molecular complexity index is 949. The summed E-state index contributed by atoms with van der Waals surface area (Å²) >= 11 is 0. The first-order chi connectivity index (χ1) is 15.5. The van der Waals surface area contributed by atoms with Gasteiger partial charge in [0.1, 0.15) is 0 Å². The van der Waals surface area contributed by atoms with Crippen LogP contribution in [0, 0.1) is 11.8 Å². The van der Waals surface area contributed by atoms with Gasteiger partial charge in [-0.2, -0.15) is 0 Å². The van der Waals surface area contributed by atoms with Crippen molar-refractivity contribution in [3.05, 3.63) is 41.3 Å². The van der Waals surface area contributed by atoms with E-state index >= 15 is 0 Å². The van der Waals surface area contributed by atoms with Crippen LogP contribution in [0.15, 0.2) is 28.8 Å². The van der Waals surface area contributed by atoms with Crippen molar-refractivity contribution in [2.24, 2.45) is 11.8 Å². The molecule has 8 heteroatoms. The number of hydrogen-bond donors (Lipinski definition) is 1. The van der Waals surface area contributed by atoms with E-state index < -0.39 is 0 Å². The molecular formula is C24H31N3O5. The summed E-state index contributed by atoms with van der Waals surface area (Å²) in [5.74, 6) is 2.19. The number of rotatable bonds is 8. The van der Waals surface area contributed by atoms with Crippen molar-refractivity contribution < 1.29 is 23.6 Å². The number of amides is 2. The van der Waals surface area contributed by atoms with Crippen LogP contribution in [0.25, 0.3) is 0 Å². The van der Waals surface area contributed by atoms with Gasteiger partial charge >= 0.3 is 0 Å². The molecular weight excluding hydrogens is 410 g/mol. The van der Waals surface area contributed by atoms with E-state index in [-0.39, 0.29) is 30.2 Å². The second-order valence-electron chi connectivity index (χ2n) is 9.00. The average Bonchev–Trinajstić information content (AvgIpc) is 3.46. The Morgan fingerprint density at radius 3 is 2.69 bits per heavy atom. The molecule has 0 atom stereocenters. The van der Waals surface area contributed by atoms with Crippen molar-refractivity contribution in [3.8, 4) is 11.5 Å². The van der Waals surface area contributed by atoms with E-state index in [1.54, 1.807) is 6.07 Å². The number of fused-ring (bicyclic) bond motifs is 1. The summed E-state index contributed by atoms with van der Waals surface area (Å²) < 4.78 is 16.1. The van der Waals surface area contributed by atoms with Crippen molar-refractivity contribution in [2.75, 3.05) is 13.3 Å². The maximum Gasteiger partial charge on any atom is 0.273 e. The average molecular weight is 442 g/mol. The molecule has 8 nitrogen and oxygen atoms in total. The number of carbonyl (C=O) groups excluding carboxylic acids is 2. The number of benzene rings is 1. The molecule has 2 aromatic rings. The third-order valence-corrected chi connectivity index (χ3v) is 5.88. The van der Waals surface area contributed by atoms with Crippen LogP contribution in [0.2, 0.25) is 0 Å². The van der Waals surface area contributed by atoms with Gasteiger partial charge in [-0.15, -0.1) is 0 Å². The fourth-order valence-corrected chi connectivity index (χ4v) is 4.29. The zero-order valence-electron chi connectivity index (χ0n) is 18.8. The van der Waals surface area contributed by atoms with Crippen LogP contribution in [0.3, 0.4) is 0 Å². The summed E-state index contributed by atoms with van der Waals surface area (Å²) in [5, 5.41) is 6.76. The van der Waals surface area contributed by atoms with E-state index in [2.05, 4.69) is 24.3 Å². The highest BCUT2D eigenvalue weighted by molar-refractivity contribution is 5.92. The molecule has 2 heterocycles. The third kappa shape index (κ3) is 5.41. The first kappa shape index (κ1) is 22.2. The Labute approximate surface area is 188 Å². The molecule has 0 saturated heterocycles. The molecule has 172 valence electrons. The van der Waals surface area contributed by atoms with Gasteiger partial charge in [-0.1, -0.05) is 44.3 Å². The maximum atomic E-state index is 13.1. The van der Waals surface area contributed by atoms with Gasteiger partial charge in [0.05, 0.1) is 6.54 Å². The fourth-order valence-electron chi connectivity index (χ4n) is 4.29. The Balaban J connectivity index is 1.35. The van der Waals surface area contributed by atoms with Crippen molar-refractivity contribution in [1.29, 1.82) is 0 Å². The molecule has 1 N–H and O–H groups in total. The van der Waals surface area contributed by atoms with Crippen LogP contribution in [-0.4, -0.2) is 35.2 Å². The first-order valence-electron chi connectivity index (χ1n) is 11.4. The molecule has 1 fully saturated rings. The van der Waals surface area contributed by atoms with Crippen LogP contribution in [-0.2, 0) is 17.9 Å². The Morgan fingerprint density at radius 1 is 1.12 bits per heavy atom. The summed E-state index contributed by atoms with van der Waals surface area (Å²) in [7, 11) is 0. The number of nitrogens with zero attached hydrogens (tertiary/aromatic N) is 2. The minimum Gasteiger partial charge on any atom is -0.454 e. The van der Waals surface area contributed by atoms with Gasteiger partial charge in [0.25, 0.3) is 5.91 Å². The second-order valence-corrected chi connectivity index (χ2v) is 9.00. The van der Waals surface area contributed by atoms with E-state index in [1.165, 1.54) is 6.42 Å². The van der Waals surface area contributed by atoms with Crippen LogP contribution in [0.5, 0.6) is 11.5 Å². The standard InChI is InChI=1S/C24H31N3O5/c1-16(2)13-27(24(29)18-6-4-3-5-7-18)14-19-11-20(26-32-19)23(28)25-12-17-8-9-21-22(10-17)31-15-30-21/h8-11,16,18H,3-7,12-15H2,1-2H3,(H,25,28). The van der Waals surface area contributed by atoms with E-state index in [1.807, 2.05) is 23.1 Å². The van der Waals surface area contributed by atoms with E-state index in [0.717, 1.165) is 31.2 Å². The van der Waals surface area contributed by atoms with Crippen LogP contribution < -0.4 is 14.8 Å². The lowest BCUT2D eigenvalue weighted by Crippen LogP contribution is -2.38. The van der Waals surface area contributed by atoms with Crippen LogP contribution >= 0.6 is 0 Å². The van der Waals surface area contributed by atoms with Crippen molar-refractivity contribution in [1.82, 2.24) is 15.4 Å². The molecule has 2 amide bonds. The van der Waals surface area contributed by atoms with Gasteiger partial charge in [0, 0.05) is 25.1 Å². The summed E-state index contributed by atoms with van der Waals surface area (Å²) in [5.41, 5.74) is 1.10. The zero-order chi connectivity index (χ0) is 22.5. The van der Waals surface area contributed by atoms with Gasteiger partial charge in [0.15, 0.2) is 23.0 Å². The van der Waals surface area contributed by atoms with Crippen molar-refractivity contribution >= 4 is 11.8 Å². The maximum absolute atomic E-state index is 13.1. The highest BCUT2D eigenvalue weighted by Gasteiger charge is 2.27. The minimum absolute atomic E-state index is 0.0925. The van der Waals surface area contributed by atoms with Gasteiger partial charge in [0.2, 0.25) is 12.7 Å². The molecule has 4 rings (SSSR count). The molecule has 32 heavy (non-hydrogen) atoms. The first-order valence-corrected chi connectivity index (χ1v) is 11.4. The summed E-state index contributed by atoms with van der Waals surface area (Å²) in [6.45, 7) is 5.71. The largest absolute Gasteiger partial charge is 0.454 e. The SMILES string of the molecule is CC(C)CN(Cc1cc(C(=O)NCc2ccc3c(c2)OCO3)no1)C(=O)C1CCCCC1. The predicted octanol–water partition coefficient (Wildman–Crippen LogP) is 3.90. The normalized spacial score (nSPS) is 15.7. The highest BCUT2D eigenvalue weighted by Crippen LogP contribution is 2.32. The summed E-state index contributed by atoms with van der Waals surface area (Å²) in [6, 6.07) is 7.17. The Hall–Kier alpha value is -3.03. The van der Waals surface area contributed by atoms with E-state index in [9.17, 15) is 9.59 Å². The van der Waals surface area contributed by atoms with Gasteiger partial charge in [-0.3, -0.25) is 9.59 Å². The number of carbonyl (C=O) groups is 2. The molecule has 1 saturated carbocycles. The third-order valence-electron chi connectivity index (χ3n) is 5.88. The van der Waals surface area contributed by atoms with Crippen LogP contribution in [0.1, 0.15) is 67.8 Å². The van der Waals surface area contributed by atoms with Crippen molar-refractivity contribution in [2.45, 2.75) is 59.0 Å². The topological polar surface area (TPSA) is 93.9 Å². The molecule has 2 aliphatic rings.